The van der Waals surface area contributed by atoms with Crippen LogP contribution in [0.1, 0.15) is 17.5 Å². The fourth-order valence-corrected chi connectivity index (χ4v) is 2.74. The molecule has 0 saturated heterocycles. The summed E-state index contributed by atoms with van der Waals surface area (Å²) in [6.07, 6.45) is 2.49. The van der Waals surface area contributed by atoms with E-state index in [9.17, 15) is 0 Å². The van der Waals surface area contributed by atoms with Gasteiger partial charge in [0.2, 0.25) is 0 Å². The third-order valence-corrected chi connectivity index (χ3v) is 3.46. The minimum Gasteiger partial charge on any atom is -0.398 e. The van der Waals surface area contributed by atoms with E-state index < -0.39 is 0 Å². The maximum atomic E-state index is 5.92. The van der Waals surface area contributed by atoms with E-state index in [-0.39, 0.29) is 0 Å². The molecule has 1 aliphatic rings. The summed E-state index contributed by atoms with van der Waals surface area (Å²) in [6.45, 7) is 2.11. The molecule has 0 unspecified atom stereocenters. The van der Waals surface area contributed by atoms with E-state index >= 15 is 0 Å². The van der Waals surface area contributed by atoms with Gasteiger partial charge in [0.1, 0.15) is 0 Å². The summed E-state index contributed by atoms with van der Waals surface area (Å²) in [5.41, 5.74) is 9.62. The lowest BCUT2D eigenvalue weighted by molar-refractivity contribution is 0.890. The largest absolute Gasteiger partial charge is 0.398 e. The van der Waals surface area contributed by atoms with Crippen molar-refractivity contribution in [3.05, 3.63) is 23.3 Å². The molecule has 2 N–H and O–H groups in total. The fraction of sp³-hybridized carbons (Fsp3) is 0.400. The molecule has 1 aromatic rings. The molecule has 0 spiro atoms. The molecule has 0 aromatic heterocycles. The van der Waals surface area contributed by atoms with Crippen LogP contribution in [0.25, 0.3) is 0 Å². The molecule has 0 saturated carbocycles. The van der Waals surface area contributed by atoms with Crippen LogP contribution in [0.15, 0.2) is 17.0 Å². The predicted octanol–water partition coefficient (Wildman–Crippen LogP) is 2.62. The molecule has 1 aliphatic heterocycles. The van der Waals surface area contributed by atoms with Crippen LogP contribution in [-0.2, 0) is 6.42 Å². The van der Waals surface area contributed by atoms with Crippen LogP contribution in [0.2, 0.25) is 0 Å². The minimum absolute atomic E-state index is 0.967. The van der Waals surface area contributed by atoms with Gasteiger partial charge in [0.15, 0.2) is 0 Å². The van der Waals surface area contributed by atoms with E-state index in [1.807, 2.05) is 11.8 Å². The third kappa shape index (κ3) is 1.31. The molecule has 64 valence electrons. The summed E-state index contributed by atoms with van der Waals surface area (Å²) < 4.78 is 0. The second-order valence-corrected chi connectivity index (χ2v) is 4.40. The summed E-state index contributed by atoms with van der Waals surface area (Å²) in [6, 6.07) is 4.33. The van der Waals surface area contributed by atoms with Crippen LogP contribution in [0.5, 0.6) is 0 Å². The standard InChI is InChI=1S/C10H13NS/c1-7-5-8-3-2-4-12-10(8)9(11)6-7/h5-6H,2-4,11H2,1H3. The van der Waals surface area contributed by atoms with Crippen molar-refractivity contribution >= 4 is 17.4 Å². The molecular formula is C10H13NS. The Morgan fingerprint density at radius 2 is 2.25 bits per heavy atom. The zero-order valence-corrected chi connectivity index (χ0v) is 8.08. The number of rotatable bonds is 0. The molecule has 0 aliphatic carbocycles. The first-order valence-electron chi connectivity index (χ1n) is 4.29. The Morgan fingerprint density at radius 1 is 1.42 bits per heavy atom. The zero-order chi connectivity index (χ0) is 8.55. The molecule has 2 rings (SSSR count). The second-order valence-electron chi connectivity index (χ2n) is 3.29. The fourth-order valence-electron chi connectivity index (χ4n) is 1.68. The molecule has 0 radical (unpaired) electrons. The van der Waals surface area contributed by atoms with Gasteiger partial charge in [-0.1, -0.05) is 6.07 Å². The van der Waals surface area contributed by atoms with Crippen molar-refractivity contribution in [3.8, 4) is 0 Å². The molecule has 1 aromatic carbocycles. The molecular weight excluding hydrogens is 166 g/mol. The first-order chi connectivity index (χ1) is 5.77. The maximum absolute atomic E-state index is 5.92. The van der Waals surface area contributed by atoms with Crippen molar-refractivity contribution in [2.24, 2.45) is 0 Å². The number of hydrogen-bond acceptors (Lipinski definition) is 2. The highest BCUT2D eigenvalue weighted by Gasteiger charge is 2.12. The van der Waals surface area contributed by atoms with E-state index in [1.165, 1.54) is 34.6 Å². The number of aryl methyl sites for hydroxylation is 2. The Morgan fingerprint density at radius 3 is 3.08 bits per heavy atom. The van der Waals surface area contributed by atoms with Gasteiger partial charge in [0.05, 0.1) is 0 Å². The Balaban J connectivity index is 2.53. The normalized spacial score (nSPS) is 15.8. The minimum atomic E-state index is 0.967. The first kappa shape index (κ1) is 7.99. The molecule has 12 heavy (non-hydrogen) atoms. The number of hydrogen-bond donors (Lipinski definition) is 1. The van der Waals surface area contributed by atoms with E-state index in [0.717, 1.165) is 5.69 Å². The van der Waals surface area contributed by atoms with Crippen LogP contribution >= 0.6 is 11.8 Å². The van der Waals surface area contributed by atoms with Crippen LogP contribution in [0.4, 0.5) is 5.69 Å². The van der Waals surface area contributed by atoms with Gasteiger partial charge in [-0.2, -0.15) is 0 Å². The van der Waals surface area contributed by atoms with Gasteiger partial charge in [0.25, 0.3) is 0 Å². The average molecular weight is 179 g/mol. The summed E-state index contributed by atoms with van der Waals surface area (Å²) in [7, 11) is 0. The highest BCUT2D eigenvalue weighted by atomic mass is 32.2. The Hall–Kier alpha value is -0.630. The van der Waals surface area contributed by atoms with Gasteiger partial charge in [-0.15, -0.1) is 11.8 Å². The summed E-state index contributed by atoms with van der Waals surface area (Å²) in [5, 5.41) is 0. The van der Waals surface area contributed by atoms with Gasteiger partial charge in [0, 0.05) is 10.6 Å². The van der Waals surface area contributed by atoms with Crippen molar-refractivity contribution in [1.82, 2.24) is 0 Å². The van der Waals surface area contributed by atoms with Crippen LogP contribution in [0, 0.1) is 6.92 Å². The highest BCUT2D eigenvalue weighted by molar-refractivity contribution is 7.99. The lowest BCUT2D eigenvalue weighted by atomic mass is 10.1. The topological polar surface area (TPSA) is 26.0 Å². The average Bonchev–Trinajstić information content (AvgIpc) is 2.04. The van der Waals surface area contributed by atoms with Crippen molar-refractivity contribution in [2.75, 3.05) is 11.5 Å². The summed E-state index contributed by atoms with van der Waals surface area (Å²) >= 11 is 1.90. The Bertz CT molecular complexity index is 307. The van der Waals surface area contributed by atoms with Gasteiger partial charge >= 0.3 is 0 Å². The maximum Gasteiger partial charge on any atom is 0.0457 e. The van der Waals surface area contributed by atoms with Crippen molar-refractivity contribution < 1.29 is 0 Å². The molecule has 1 heterocycles. The van der Waals surface area contributed by atoms with Crippen LogP contribution < -0.4 is 5.73 Å². The van der Waals surface area contributed by atoms with Crippen molar-refractivity contribution in [2.45, 2.75) is 24.7 Å². The van der Waals surface area contributed by atoms with Crippen molar-refractivity contribution in [3.63, 3.8) is 0 Å². The summed E-state index contributed by atoms with van der Waals surface area (Å²) in [4.78, 5) is 1.33. The summed E-state index contributed by atoms with van der Waals surface area (Å²) in [5.74, 6) is 1.22. The number of nitrogens with two attached hydrogens (primary N) is 1. The lowest BCUT2D eigenvalue weighted by Gasteiger charge is -2.17. The number of fused-ring (bicyclic) bond motifs is 1. The van der Waals surface area contributed by atoms with Gasteiger partial charge in [-0.3, -0.25) is 0 Å². The molecule has 0 atom stereocenters. The second kappa shape index (κ2) is 3.02. The van der Waals surface area contributed by atoms with E-state index in [0.29, 0.717) is 0 Å². The number of anilines is 1. The van der Waals surface area contributed by atoms with Gasteiger partial charge in [-0.05, 0) is 42.7 Å². The van der Waals surface area contributed by atoms with Crippen LogP contribution in [-0.4, -0.2) is 5.75 Å². The molecule has 0 fully saturated rings. The zero-order valence-electron chi connectivity index (χ0n) is 7.26. The predicted molar refractivity (Wildman–Crippen MR) is 54.6 cm³/mol. The molecule has 0 bridgehead atoms. The monoisotopic (exact) mass is 179 g/mol. The molecule has 2 heteroatoms. The Kier molecular flexibility index (Phi) is 2.01. The van der Waals surface area contributed by atoms with E-state index in [4.69, 9.17) is 5.73 Å². The van der Waals surface area contributed by atoms with E-state index in [1.54, 1.807) is 0 Å². The number of nitrogen functional groups attached to an aromatic ring is 1. The van der Waals surface area contributed by atoms with E-state index in [2.05, 4.69) is 19.1 Å². The smallest absolute Gasteiger partial charge is 0.0457 e. The highest BCUT2D eigenvalue weighted by Crippen LogP contribution is 2.35. The molecule has 0 amide bonds. The number of thioether (sulfide) groups is 1. The van der Waals surface area contributed by atoms with Crippen molar-refractivity contribution in [1.29, 1.82) is 0 Å². The number of benzene rings is 1. The quantitative estimate of drug-likeness (QED) is 0.619. The lowest BCUT2D eigenvalue weighted by Crippen LogP contribution is -2.02. The SMILES string of the molecule is Cc1cc(N)c2c(c1)CCCS2. The Labute approximate surface area is 77.3 Å². The first-order valence-corrected chi connectivity index (χ1v) is 5.28. The third-order valence-electron chi connectivity index (χ3n) is 2.18. The van der Waals surface area contributed by atoms with Gasteiger partial charge in [-0.25, -0.2) is 0 Å². The van der Waals surface area contributed by atoms with Crippen LogP contribution in [0.3, 0.4) is 0 Å². The molecule has 1 nitrogen and oxygen atoms in total. The van der Waals surface area contributed by atoms with Gasteiger partial charge < -0.3 is 5.73 Å².